The molecule has 10 nitrogen and oxygen atoms in total. The fraction of sp³-hybridized carbons (Fsp3) is 1.00. The van der Waals surface area contributed by atoms with Crippen molar-refractivity contribution in [2.24, 2.45) is 0 Å². The normalized spacial score (nSPS) is 50.0. The molecule has 9 atom stereocenters. The van der Waals surface area contributed by atoms with Crippen molar-refractivity contribution in [1.82, 2.24) is 0 Å². The minimum absolute atomic E-state index is 0.529. The van der Waals surface area contributed by atoms with E-state index < -0.39 is 67.7 Å². The molecule has 0 radical (unpaired) electrons. The summed E-state index contributed by atoms with van der Waals surface area (Å²) in [5, 5.41) is 67.0. The standard InChI is InChI=1S/C11H20O10S/c12-1-3-5(14)6(15)7(16)11(19-3)20-9-4(2-13)21-22-10(18)8(9)17/h3-18H,1-2H2/t3-,4-,5+,6+,7-,8+,9-,10+,11+/m1/s1. The Labute approximate surface area is 130 Å². The second kappa shape index (κ2) is 7.68. The molecule has 7 N–H and O–H groups in total. The molecule has 0 unspecified atom stereocenters. The number of hydrogen-bond donors (Lipinski definition) is 7. The van der Waals surface area contributed by atoms with E-state index >= 15 is 0 Å². The molecule has 2 rings (SSSR count). The van der Waals surface area contributed by atoms with Gasteiger partial charge in [0.15, 0.2) is 11.7 Å². The minimum Gasteiger partial charge on any atom is -0.394 e. The zero-order valence-corrected chi connectivity index (χ0v) is 12.2. The first-order valence-corrected chi connectivity index (χ1v) is 7.46. The lowest BCUT2D eigenvalue weighted by atomic mass is 9.99. The van der Waals surface area contributed by atoms with Crippen molar-refractivity contribution in [1.29, 1.82) is 0 Å². The summed E-state index contributed by atoms with van der Waals surface area (Å²) < 4.78 is 15.5. The van der Waals surface area contributed by atoms with Crippen LogP contribution in [0.5, 0.6) is 0 Å². The Morgan fingerprint density at radius 3 is 2.05 bits per heavy atom. The Morgan fingerprint density at radius 2 is 1.45 bits per heavy atom. The number of aliphatic hydroxyl groups is 7. The summed E-state index contributed by atoms with van der Waals surface area (Å²) in [7, 11) is 0. The molecule has 2 aliphatic heterocycles. The fourth-order valence-corrected chi connectivity index (χ4v) is 2.95. The van der Waals surface area contributed by atoms with Gasteiger partial charge in [-0.2, -0.15) is 0 Å². The molecular weight excluding hydrogens is 324 g/mol. The molecule has 0 amide bonds. The van der Waals surface area contributed by atoms with E-state index in [2.05, 4.69) is 0 Å². The van der Waals surface area contributed by atoms with Gasteiger partial charge in [0.05, 0.1) is 13.2 Å². The summed E-state index contributed by atoms with van der Waals surface area (Å²) >= 11 is 0.564. The van der Waals surface area contributed by atoms with E-state index in [4.69, 9.17) is 18.8 Å². The Hall–Kier alpha value is -0.0500. The number of aliphatic hydroxyl groups excluding tert-OH is 7. The minimum atomic E-state index is -1.66. The summed E-state index contributed by atoms with van der Waals surface area (Å²) in [4.78, 5) is 0. The molecule has 2 fully saturated rings. The highest BCUT2D eigenvalue weighted by Crippen LogP contribution is 2.32. The SMILES string of the molecule is OC[C@H]1O[C@@H](O[C@H]2[C@H](O)[C@@H](O)SO[C@@H]2CO)[C@H](O)[C@@H](O)[C@H]1O. The number of rotatable bonds is 4. The maximum absolute atomic E-state index is 9.91. The van der Waals surface area contributed by atoms with E-state index in [0.29, 0.717) is 12.0 Å². The molecule has 130 valence electrons. The topological polar surface area (TPSA) is 169 Å². The monoisotopic (exact) mass is 344 g/mol. The molecule has 0 aliphatic carbocycles. The molecular formula is C11H20O10S. The zero-order chi connectivity index (χ0) is 16.4. The average molecular weight is 344 g/mol. The van der Waals surface area contributed by atoms with Gasteiger partial charge in [0.1, 0.15) is 42.7 Å². The van der Waals surface area contributed by atoms with Gasteiger partial charge in [-0.15, -0.1) is 0 Å². The van der Waals surface area contributed by atoms with Gasteiger partial charge < -0.3 is 49.4 Å². The average Bonchev–Trinajstić information content (AvgIpc) is 2.52. The molecule has 2 aliphatic rings. The van der Waals surface area contributed by atoms with Gasteiger partial charge in [-0.3, -0.25) is 0 Å². The van der Waals surface area contributed by atoms with Crippen LogP contribution in [0.4, 0.5) is 0 Å². The van der Waals surface area contributed by atoms with E-state index in [1.165, 1.54) is 0 Å². The lowest BCUT2D eigenvalue weighted by molar-refractivity contribution is -0.326. The third-order valence-corrected chi connectivity index (χ3v) is 4.43. The lowest BCUT2D eigenvalue weighted by Crippen LogP contribution is -2.62. The summed E-state index contributed by atoms with van der Waals surface area (Å²) in [6.45, 7) is -1.16. The van der Waals surface area contributed by atoms with Gasteiger partial charge in [0.25, 0.3) is 0 Å². The second-order valence-electron chi connectivity index (χ2n) is 5.09. The van der Waals surface area contributed by atoms with Gasteiger partial charge in [-0.25, -0.2) is 0 Å². The highest BCUT2D eigenvalue weighted by atomic mass is 32.2. The summed E-state index contributed by atoms with van der Waals surface area (Å²) in [6.07, 6.45) is -11.2. The van der Waals surface area contributed by atoms with Crippen LogP contribution >= 0.6 is 12.0 Å². The molecule has 22 heavy (non-hydrogen) atoms. The van der Waals surface area contributed by atoms with Crippen LogP contribution in [0, 0.1) is 0 Å². The van der Waals surface area contributed by atoms with Crippen molar-refractivity contribution in [3.8, 4) is 0 Å². The van der Waals surface area contributed by atoms with E-state index in [9.17, 15) is 30.6 Å². The second-order valence-corrected chi connectivity index (χ2v) is 5.96. The van der Waals surface area contributed by atoms with Crippen LogP contribution in [-0.4, -0.2) is 103 Å². The predicted octanol–water partition coefficient (Wildman–Crippen LogP) is -4.11. The third kappa shape index (κ3) is 3.55. The van der Waals surface area contributed by atoms with Crippen molar-refractivity contribution < 1.29 is 49.4 Å². The van der Waals surface area contributed by atoms with Gasteiger partial charge in [-0.1, -0.05) is 0 Å². The predicted molar refractivity (Wildman–Crippen MR) is 70.2 cm³/mol. The molecule has 2 saturated heterocycles. The number of hydrogen-bond acceptors (Lipinski definition) is 11. The van der Waals surface area contributed by atoms with Gasteiger partial charge in [-0.05, 0) is 0 Å². The van der Waals surface area contributed by atoms with Crippen LogP contribution in [0.25, 0.3) is 0 Å². The largest absolute Gasteiger partial charge is 0.394 e. The maximum Gasteiger partial charge on any atom is 0.187 e. The van der Waals surface area contributed by atoms with Gasteiger partial charge >= 0.3 is 0 Å². The Bertz CT molecular complexity index is 356. The first kappa shape index (κ1) is 18.3. The van der Waals surface area contributed by atoms with E-state index in [0.717, 1.165) is 0 Å². The zero-order valence-electron chi connectivity index (χ0n) is 11.4. The summed E-state index contributed by atoms with van der Waals surface area (Å²) in [5.41, 5.74) is -1.34. The molecule has 11 heteroatoms. The van der Waals surface area contributed by atoms with Crippen molar-refractivity contribution in [2.45, 2.75) is 54.5 Å². The maximum atomic E-state index is 9.91. The van der Waals surface area contributed by atoms with Crippen LogP contribution in [0.15, 0.2) is 0 Å². The molecule has 0 aromatic carbocycles. The van der Waals surface area contributed by atoms with E-state index in [1.807, 2.05) is 0 Å². The fourth-order valence-electron chi connectivity index (χ4n) is 2.26. The van der Waals surface area contributed by atoms with Crippen LogP contribution in [0.2, 0.25) is 0 Å². The molecule has 0 bridgehead atoms. The van der Waals surface area contributed by atoms with E-state index in [-0.39, 0.29) is 0 Å². The van der Waals surface area contributed by atoms with Gasteiger partial charge in [0, 0.05) is 12.0 Å². The van der Waals surface area contributed by atoms with Crippen molar-refractivity contribution >= 4 is 12.0 Å². The number of ether oxygens (including phenoxy) is 2. The van der Waals surface area contributed by atoms with Crippen LogP contribution < -0.4 is 0 Å². The molecule has 0 spiro atoms. The van der Waals surface area contributed by atoms with Crippen molar-refractivity contribution in [2.75, 3.05) is 13.2 Å². The first-order valence-electron chi connectivity index (χ1n) is 6.65. The van der Waals surface area contributed by atoms with Crippen molar-refractivity contribution in [3.05, 3.63) is 0 Å². The molecule has 0 aromatic heterocycles. The van der Waals surface area contributed by atoms with Crippen LogP contribution in [0.1, 0.15) is 0 Å². The van der Waals surface area contributed by atoms with Crippen LogP contribution in [0.3, 0.4) is 0 Å². The highest BCUT2D eigenvalue weighted by molar-refractivity contribution is 7.95. The molecule has 0 aromatic rings. The van der Waals surface area contributed by atoms with Gasteiger partial charge in [0.2, 0.25) is 0 Å². The summed E-state index contributed by atoms with van der Waals surface area (Å²) in [5.74, 6) is 0. The van der Waals surface area contributed by atoms with E-state index in [1.54, 1.807) is 0 Å². The Morgan fingerprint density at radius 1 is 0.818 bits per heavy atom. The first-order chi connectivity index (χ1) is 10.4. The van der Waals surface area contributed by atoms with Crippen LogP contribution in [-0.2, 0) is 13.7 Å². The smallest absolute Gasteiger partial charge is 0.187 e. The molecule has 2 heterocycles. The quantitative estimate of drug-likeness (QED) is 0.247. The third-order valence-electron chi connectivity index (χ3n) is 3.59. The Kier molecular flexibility index (Phi) is 6.39. The summed E-state index contributed by atoms with van der Waals surface area (Å²) in [6, 6.07) is 0. The highest BCUT2D eigenvalue weighted by Gasteiger charge is 2.48. The molecule has 0 saturated carbocycles. The van der Waals surface area contributed by atoms with Crippen molar-refractivity contribution in [3.63, 3.8) is 0 Å². The Balaban J connectivity index is 2.09. The lowest BCUT2D eigenvalue weighted by Gasteiger charge is -2.43.